The van der Waals surface area contributed by atoms with Gasteiger partial charge in [-0.2, -0.15) is 0 Å². The zero-order chi connectivity index (χ0) is 14.6. The predicted molar refractivity (Wildman–Crippen MR) is 84.7 cm³/mol. The zero-order valence-corrected chi connectivity index (χ0v) is 13.0. The molecule has 1 heterocycles. The van der Waals surface area contributed by atoms with Gasteiger partial charge in [0, 0.05) is 29.7 Å². The van der Waals surface area contributed by atoms with E-state index in [0.717, 1.165) is 24.2 Å². The van der Waals surface area contributed by atoms with E-state index in [0.29, 0.717) is 6.04 Å². The third-order valence-corrected chi connectivity index (χ3v) is 4.82. The molecule has 112 valence electrons. The second kappa shape index (κ2) is 6.55. The lowest BCUT2D eigenvalue weighted by molar-refractivity contribution is 0.105. The van der Waals surface area contributed by atoms with Gasteiger partial charge in [-0.1, -0.05) is 19.8 Å². The zero-order valence-electron chi connectivity index (χ0n) is 13.0. The maximum Gasteiger partial charge on any atom is 0.0378 e. The Kier molecular flexibility index (Phi) is 5.00. The lowest BCUT2D eigenvalue weighted by Crippen LogP contribution is -2.58. The van der Waals surface area contributed by atoms with E-state index in [-0.39, 0.29) is 5.54 Å². The second-order valence-corrected chi connectivity index (χ2v) is 6.09. The smallest absolute Gasteiger partial charge is 0.0378 e. The van der Waals surface area contributed by atoms with Crippen LogP contribution < -0.4 is 11.1 Å². The van der Waals surface area contributed by atoms with Crippen molar-refractivity contribution >= 4 is 5.69 Å². The first-order valence-electron chi connectivity index (χ1n) is 7.69. The summed E-state index contributed by atoms with van der Waals surface area (Å²) >= 11 is 0. The number of aromatic nitrogens is 1. The van der Waals surface area contributed by atoms with E-state index in [2.05, 4.69) is 36.2 Å². The normalized spacial score (nSPS) is 19.4. The number of hydrogen-bond acceptors (Lipinski definition) is 4. The molecule has 0 saturated heterocycles. The SMILES string of the molecule is CCNC(Cc1cnccc1N)C1(N(C)C)CCCC1. The van der Waals surface area contributed by atoms with Crippen LogP contribution in [-0.4, -0.2) is 42.1 Å². The van der Waals surface area contributed by atoms with Crippen molar-refractivity contribution in [2.75, 3.05) is 26.4 Å². The van der Waals surface area contributed by atoms with E-state index < -0.39 is 0 Å². The van der Waals surface area contributed by atoms with Gasteiger partial charge in [-0.15, -0.1) is 0 Å². The quantitative estimate of drug-likeness (QED) is 0.835. The van der Waals surface area contributed by atoms with Crippen molar-refractivity contribution < 1.29 is 0 Å². The van der Waals surface area contributed by atoms with E-state index >= 15 is 0 Å². The first-order valence-corrected chi connectivity index (χ1v) is 7.69. The summed E-state index contributed by atoms with van der Waals surface area (Å²) in [7, 11) is 4.42. The summed E-state index contributed by atoms with van der Waals surface area (Å²) in [6.07, 6.45) is 9.79. The molecule has 4 heteroatoms. The van der Waals surface area contributed by atoms with Crippen LogP contribution in [0.15, 0.2) is 18.5 Å². The summed E-state index contributed by atoms with van der Waals surface area (Å²) in [6, 6.07) is 2.33. The minimum Gasteiger partial charge on any atom is -0.398 e. The van der Waals surface area contributed by atoms with E-state index in [1.165, 1.54) is 25.7 Å². The number of nitrogens with one attached hydrogen (secondary N) is 1. The number of likely N-dealkylation sites (N-methyl/N-ethyl adjacent to an activating group) is 2. The van der Waals surface area contributed by atoms with Crippen molar-refractivity contribution in [2.24, 2.45) is 0 Å². The van der Waals surface area contributed by atoms with Crippen molar-refractivity contribution in [1.82, 2.24) is 15.2 Å². The molecule has 2 rings (SSSR count). The fraction of sp³-hybridized carbons (Fsp3) is 0.688. The molecule has 20 heavy (non-hydrogen) atoms. The lowest BCUT2D eigenvalue weighted by Gasteiger charge is -2.44. The summed E-state index contributed by atoms with van der Waals surface area (Å²) < 4.78 is 0. The van der Waals surface area contributed by atoms with E-state index in [4.69, 9.17) is 5.73 Å². The van der Waals surface area contributed by atoms with Gasteiger partial charge in [0.25, 0.3) is 0 Å². The van der Waals surface area contributed by atoms with E-state index in [1.807, 2.05) is 12.3 Å². The van der Waals surface area contributed by atoms with Gasteiger partial charge in [0.15, 0.2) is 0 Å². The van der Waals surface area contributed by atoms with Gasteiger partial charge in [0.1, 0.15) is 0 Å². The van der Waals surface area contributed by atoms with E-state index in [1.54, 1.807) is 6.20 Å². The minimum atomic E-state index is 0.248. The molecule has 0 radical (unpaired) electrons. The van der Waals surface area contributed by atoms with Crippen molar-refractivity contribution in [1.29, 1.82) is 0 Å². The molecular formula is C16H28N4. The Balaban J connectivity index is 2.24. The molecular weight excluding hydrogens is 248 g/mol. The summed E-state index contributed by atoms with van der Waals surface area (Å²) in [5.41, 5.74) is 8.37. The Morgan fingerprint density at radius 3 is 2.65 bits per heavy atom. The molecule has 0 bridgehead atoms. The van der Waals surface area contributed by atoms with Crippen LogP contribution in [0.5, 0.6) is 0 Å². The van der Waals surface area contributed by atoms with Gasteiger partial charge < -0.3 is 16.0 Å². The highest BCUT2D eigenvalue weighted by Crippen LogP contribution is 2.38. The molecule has 1 unspecified atom stereocenters. The number of pyridine rings is 1. The summed E-state index contributed by atoms with van der Waals surface area (Å²) in [4.78, 5) is 6.65. The first kappa shape index (κ1) is 15.3. The van der Waals surface area contributed by atoms with Gasteiger partial charge in [-0.3, -0.25) is 4.98 Å². The molecule has 1 saturated carbocycles. The Hall–Kier alpha value is -1.13. The maximum absolute atomic E-state index is 6.10. The highest BCUT2D eigenvalue weighted by molar-refractivity contribution is 5.45. The fourth-order valence-electron chi connectivity index (χ4n) is 3.62. The monoisotopic (exact) mass is 276 g/mol. The van der Waals surface area contributed by atoms with Crippen LogP contribution in [0.2, 0.25) is 0 Å². The average molecular weight is 276 g/mol. The molecule has 1 aromatic heterocycles. The molecule has 0 aromatic carbocycles. The summed E-state index contributed by atoms with van der Waals surface area (Å²) in [6.45, 7) is 3.17. The number of nitrogens with zero attached hydrogens (tertiary/aromatic N) is 2. The molecule has 1 atom stereocenters. The number of hydrogen-bond donors (Lipinski definition) is 2. The molecule has 3 N–H and O–H groups in total. The molecule has 0 amide bonds. The number of nitrogens with two attached hydrogens (primary N) is 1. The third-order valence-electron chi connectivity index (χ3n) is 4.82. The van der Waals surface area contributed by atoms with Crippen LogP contribution in [0.4, 0.5) is 5.69 Å². The van der Waals surface area contributed by atoms with Gasteiger partial charge in [0.05, 0.1) is 0 Å². The van der Waals surface area contributed by atoms with Crippen LogP contribution in [-0.2, 0) is 6.42 Å². The molecule has 1 aliphatic carbocycles. The molecule has 1 aromatic rings. The van der Waals surface area contributed by atoms with E-state index in [9.17, 15) is 0 Å². The molecule has 0 aliphatic heterocycles. The molecule has 4 nitrogen and oxygen atoms in total. The Labute approximate surface area is 122 Å². The van der Waals surface area contributed by atoms with Crippen molar-refractivity contribution in [3.63, 3.8) is 0 Å². The Morgan fingerprint density at radius 1 is 1.40 bits per heavy atom. The maximum atomic E-state index is 6.10. The van der Waals surface area contributed by atoms with Gasteiger partial charge in [-0.25, -0.2) is 0 Å². The van der Waals surface area contributed by atoms with Gasteiger partial charge in [0.2, 0.25) is 0 Å². The first-order chi connectivity index (χ1) is 9.60. The summed E-state index contributed by atoms with van der Waals surface area (Å²) in [5, 5.41) is 3.70. The highest BCUT2D eigenvalue weighted by Gasteiger charge is 2.42. The topological polar surface area (TPSA) is 54.2 Å². The third kappa shape index (κ3) is 2.96. The number of anilines is 1. The van der Waals surface area contributed by atoms with Crippen LogP contribution in [0.25, 0.3) is 0 Å². The van der Waals surface area contributed by atoms with Gasteiger partial charge in [-0.05, 0) is 51.5 Å². The number of nitrogen functional groups attached to an aromatic ring is 1. The standard InChI is InChI=1S/C16H28N4/c1-4-19-15(11-13-12-18-10-7-14(13)17)16(20(2)3)8-5-6-9-16/h7,10,12,15,19H,4-6,8-9,11H2,1-3H3,(H2,17,18). The Bertz CT molecular complexity index is 424. The van der Waals surface area contributed by atoms with Crippen molar-refractivity contribution in [3.8, 4) is 0 Å². The van der Waals surface area contributed by atoms with Crippen LogP contribution in [0.1, 0.15) is 38.2 Å². The molecule has 1 fully saturated rings. The van der Waals surface area contributed by atoms with Crippen molar-refractivity contribution in [3.05, 3.63) is 24.0 Å². The Morgan fingerprint density at radius 2 is 2.10 bits per heavy atom. The molecule has 0 spiro atoms. The van der Waals surface area contributed by atoms with Gasteiger partial charge >= 0.3 is 0 Å². The largest absolute Gasteiger partial charge is 0.398 e. The lowest BCUT2D eigenvalue weighted by atomic mass is 9.83. The van der Waals surface area contributed by atoms with Crippen molar-refractivity contribution in [2.45, 2.75) is 50.6 Å². The average Bonchev–Trinajstić information content (AvgIpc) is 2.91. The minimum absolute atomic E-state index is 0.248. The second-order valence-electron chi connectivity index (χ2n) is 6.09. The fourth-order valence-corrected chi connectivity index (χ4v) is 3.62. The molecule has 1 aliphatic rings. The van der Waals surface area contributed by atoms with Crippen LogP contribution >= 0.6 is 0 Å². The van der Waals surface area contributed by atoms with Crippen LogP contribution in [0.3, 0.4) is 0 Å². The summed E-state index contributed by atoms with van der Waals surface area (Å²) in [5.74, 6) is 0. The predicted octanol–water partition coefficient (Wildman–Crippen LogP) is 2.06. The highest BCUT2D eigenvalue weighted by atomic mass is 15.2. The van der Waals surface area contributed by atoms with Crippen LogP contribution in [0, 0.1) is 0 Å². The number of rotatable bonds is 6.